The van der Waals surface area contributed by atoms with E-state index in [4.69, 9.17) is 11.6 Å². The molecule has 3 aromatic rings. The van der Waals surface area contributed by atoms with Gasteiger partial charge in [-0.2, -0.15) is 0 Å². The number of rotatable bonds is 7. The minimum absolute atomic E-state index is 0.154. The number of nitrogens with zero attached hydrogens (tertiary/aromatic N) is 2. The van der Waals surface area contributed by atoms with Crippen LogP contribution in [0.3, 0.4) is 0 Å². The van der Waals surface area contributed by atoms with E-state index in [-0.39, 0.29) is 11.8 Å². The van der Waals surface area contributed by atoms with Crippen molar-refractivity contribution in [2.75, 3.05) is 19.6 Å². The molecule has 0 bridgehead atoms. The molecule has 158 valence electrons. The van der Waals surface area contributed by atoms with E-state index in [0.717, 1.165) is 62.6 Å². The smallest absolute Gasteiger partial charge is 0.223 e. The number of hydrogen-bond acceptors (Lipinski definition) is 2. The van der Waals surface area contributed by atoms with Crippen molar-refractivity contribution in [1.29, 1.82) is 0 Å². The van der Waals surface area contributed by atoms with Gasteiger partial charge in [0.25, 0.3) is 0 Å². The molecule has 5 heteroatoms. The van der Waals surface area contributed by atoms with Gasteiger partial charge in [-0.25, -0.2) is 0 Å². The molecule has 4 rings (SSSR count). The normalized spacial score (nSPS) is 15.5. The van der Waals surface area contributed by atoms with Gasteiger partial charge in [0.2, 0.25) is 5.91 Å². The maximum absolute atomic E-state index is 12.3. The fraction of sp³-hybridized carbons (Fsp3) is 0.400. The lowest BCUT2D eigenvalue weighted by molar-refractivity contribution is -0.126. The molecule has 1 aliphatic rings. The van der Waals surface area contributed by atoms with Crippen LogP contribution in [0.1, 0.15) is 37.4 Å². The van der Waals surface area contributed by atoms with Crippen molar-refractivity contribution < 1.29 is 4.79 Å². The molecule has 1 fully saturated rings. The summed E-state index contributed by atoms with van der Waals surface area (Å²) in [5, 5.41) is 5.12. The van der Waals surface area contributed by atoms with Crippen molar-refractivity contribution >= 4 is 28.4 Å². The SMILES string of the molecule is CCCNC(=O)C1CCN(Cc2cc3ccccc3n2Cc2ccccc2Cl)CC1. The van der Waals surface area contributed by atoms with Crippen molar-refractivity contribution in [3.05, 3.63) is 70.9 Å². The highest BCUT2D eigenvalue weighted by Gasteiger charge is 2.25. The van der Waals surface area contributed by atoms with Gasteiger partial charge in [0.15, 0.2) is 0 Å². The second-order valence-electron chi connectivity index (χ2n) is 8.21. The predicted molar refractivity (Wildman–Crippen MR) is 124 cm³/mol. The first-order chi connectivity index (χ1) is 14.7. The third kappa shape index (κ3) is 4.71. The topological polar surface area (TPSA) is 37.3 Å². The number of piperidine rings is 1. The van der Waals surface area contributed by atoms with E-state index in [1.807, 2.05) is 18.2 Å². The van der Waals surface area contributed by atoms with Gasteiger partial charge < -0.3 is 9.88 Å². The fourth-order valence-corrected chi connectivity index (χ4v) is 4.55. The number of likely N-dealkylation sites (tertiary alicyclic amines) is 1. The van der Waals surface area contributed by atoms with Gasteiger partial charge in [0.05, 0.1) is 0 Å². The maximum atomic E-state index is 12.3. The van der Waals surface area contributed by atoms with E-state index < -0.39 is 0 Å². The van der Waals surface area contributed by atoms with Crippen LogP contribution in [-0.4, -0.2) is 35.0 Å². The predicted octanol–water partition coefficient (Wildman–Crippen LogP) is 5.08. The molecule has 1 aliphatic heterocycles. The largest absolute Gasteiger partial charge is 0.356 e. The van der Waals surface area contributed by atoms with Crippen LogP contribution in [-0.2, 0) is 17.9 Å². The standard InChI is InChI=1S/C25H30ClN3O/c1-2-13-27-25(30)19-11-14-28(15-12-19)18-22-16-20-7-4-6-10-24(20)29(22)17-21-8-3-5-9-23(21)26/h3-10,16,19H,2,11-15,17-18H2,1H3,(H,27,30). The third-order valence-electron chi connectivity index (χ3n) is 6.08. The Morgan fingerprint density at radius 3 is 2.57 bits per heavy atom. The van der Waals surface area contributed by atoms with E-state index in [2.05, 4.69) is 58.1 Å². The van der Waals surface area contributed by atoms with Crippen LogP contribution in [0.2, 0.25) is 5.02 Å². The summed E-state index contributed by atoms with van der Waals surface area (Å²) in [4.78, 5) is 14.8. The second-order valence-corrected chi connectivity index (χ2v) is 8.62. The zero-order valence-electron chi connectivity index (χ0n) is 17.6. The molecule has 4 nitrogen and oxygen atoms in total. The van der Waals surface area contributed by atoms with Crippen LogP contribution in [0.25, 0.3) is 10.9 Å². The van der Waals surface area contributed by atoms with Crippen LogP contribution < -0.4 is 5.32 Å². The summed E-state index contributed by atoms with van der Waals surface area (Å²) >= 11 is 6.46. The maximum Gasteiger partial charge on any atom is 0.223 e. The Kier molecular flexibility index (Phi) is 6.76. The number of nitrogens with one attached hydrogen (secondary N) is 1. The summed E-state index contributed by atoms with van der Waals surface area (Å²) in [6.07, 6.45) is 2.85. The molecule has 1 saturated heterocycles. The minimum Gasteiger partial charge on any atom is -0.356 e. The highest BCUT2D eigenvalue weighted by Crippen LogP contribution is 2.26. The quantitative estimate of drug-likeness (QED) is 0.575. The first-order valence-corrected chi connectivity index (χ1v) is 11.3. The number of carbonyl (C=O) groups is 1. The third-order valence-corrected chi connectivity index (χ3v) is 6.44. The van der Waals surface area contributed by atoms with Crippen molar-refractivity contribution in [3.8, 4) is 0 Å². The van der Waals surface area contributed by atoms with Gasteiger partial charge >= 0.3 is 0 Å². The lowest BCUT2D eigenvalue weighted by Gasteiger charge is -2.31. The lowest BCUT2D eigenvalue weighted by Crippen LogP contribution is -2.40. The van der Waals surface area contributed by atoms with Crippen LogP contribution >= 0.6 is 11.6 Å². The van der Waals surface area contributed by atoms with Gasteiger partial charge in [-0.3, -0.25) is 9.69 Å². The summed E-state index contributed by atoms with van der Waals surface area (Å²) < 4.78 is 2.39. The molecular formula is C25H30ClN3O. The molecule has 0 spiro atoms. The zero-order chi connectivity index (χ0) is 20.9. The van der Waals surface area contributed by atoms with E-state index >= 15 is 0 Å². The number of benzene rings is 2. The number of fused-ring (bicyclic) bond motifs is 1. The van der Waals surface area contributed by atoms with E-state index in [1.165, 1.54) is 16.6 Å². The van der Waals surface area contributed by atoms with E-state index in [9.17, 15) is 4.79 Å². The first kappa shape index (κ1) is 21.0. The minimum atomic E-state index is 0.154. The molecule has 1 amide bonds. The van der Waals surface area contributed by atoms with Gasteiger partial charge in [-0.15, -0.1) is 0 Å². The summed E-state index contributed by atoms with van der Waals surface area (Å²) in [7, 11) is 0. The zero-order valence-corrected chi connectivity index (χ0v) is 18.4. The number of carbonyl (C=O) groups excluding carboxylic acids is 1. The molecule has 0 unspecified atom stereocenters. The van der Waals surface area contributed by atoms with Gasteiger partial charge in [0, 0.05) is 41.8 Å². The van der Waals surface area contributed by atoms with Crippen molar-refractivity contribution in [2.24, 2.45) is 5.92 Å². The Balaban J connectivity index is 1.49. The Morgan fingerprint density at radius 1 is 1.07 bits per heavy atom. The van der Waals surface area contributed by atoms with Crippen LogP contribution in [0.4, 0.5) is 0 Å². The summed E-state index contributed by atoms with van der Waals surface area (Å²) in [6, 6.07) is 18.9. The Morgan fingerprint density at radius 2 is 1.80 bits per heavy atom. The number of hydrogen-bond donors (Lipinski definition) is 1. The lowest BCUT2D eigenvalue weighted by atomic mass is 9.96. The summed E-state index contributed by atoms with van der Waals surface area (Å²) in [5.74, 6) is 0.381. The molecule has 0 atom stereocenters. The Labute approximate surface area is 183 Å². The number of para-hydroxylation sites is 1. The van der Waals surface area contributed by atoms with Crippen molar-refractivity contribution in [1.82, 2.24) is 14.8 Å². The molecule has 1 N–H and O–H groups in total. The monoisotopic (exact) mass is 423 g/mol. The molecule has 30 heavy (non-hydrogen) atoms. The fourth-order valence-electron chi connectivity index (χ4n) is 4.36. The second kappa shape index (κ2) is 9.67. The number of aromatic nitrogens is 1. The Bertz CT molecular complexity index is 1000. The van der Waals surface area contributed by atoms with Crippen LogP contribution in [0.15, 0.2) is 54.6 Å². The van der Waals surface area contributed by atoms with Crippen LogP contribution in [0.5, 0.6) is 0 Å². The molecule has 1 aromatic heterocycles. The first-order valence-electron chi connectivity index (χ1n) is 11.0. The summed E-state index contributed by atoms with van der Waals surface area (Å²) in [5.41, 5.74) is 3.67. The molecular weight excluding hydrogens is 394 g/mol. The molecule has 2 aromatic carbocycles. The highest BCUT2D eigenvalue weighted by molar-refractivity contribution is 6.31. The molecule has 2 heterocycles. The highest BCUT2D eigenvalue weighted by atomic mass is 35.5. The van der Waals surface area contributed by atoms with E-state index in [0.29, 0.717) is 0 Å². The van der Waals surface area contributed by atoms with Gasteiger partial charge in [0.1, 0.15) is 0 Å². The number of halogens is 1. The van der Waals surface area contributed by atoms with Crippen molar-refractivity contribution in [2.45, 2.75) is 39.3 Å². The molecule has 0 saturated carbocycles. The van der Waals surface area contributed by atoms with Crippen molar-refractivity contribution in [3.63, 3.8) is 0 Å². The van der Waals surface area contributed by atoms with E-state index in [1.54, 1.807) is 0 Å². The Hall–Kier alpha value is -2.30. The molecule has 0 aliphatic carbocycles. The molecule has 0 radical (unpaired) electrons. The average Bonchev–Trinajstić information content (AvgIpc) is 3.11. The van der Waals surface area contributed by atoms with Crippen LogP contribution in [0, 0.1) is 5.92 Å². The van der Waals surface area contributed by atoms with Gasteiger partial charge in [-0.05, 0) is 61.5 Å². The summed E-state index contributed by atoms with van der Waals surface area (Å²) in [6.45, 7) is 6.43. The van der Waals surface area contributed by atoms with Gasteiger partial charge in [-0.1, -0.05) is 54.9 Å². The average molecular weight is 424 g/mol. The number of amides is 1.